The number of sulfonamides is 1. The summed E-state index contributed by atoms with van der Waals surface area (Å²) in [4.78, 5) is 12.4. The number of para-hydroxylation sites is 1. The van der Waals surface area contributed by atoms with Crippen LogP contribution in [0.3, 0.4) is 0 Å². The van der Waals surface area contributed by atoms with Crippen molar-refractivity contribution in [3.05, 3.63) is 90.0 Å². The van der Waals surface area contributed by atoms with E-state index in [0.29, 0.717) is 5.56 Å². The summed E-state index contributed by atoms with van der Waals surface area (Å²) < 4.78 is 54.0. The molecule has 0 radical (unpaired) electrons. The molecule has 0 bridgehead atoms. The number of amides is 1. The van der Waals surface area contributed by atoms with Crippen molar-refractivity contribution >= 4 is 27.3 Å². The van der Waals surface area contributed by atoms with Crippen LogP contribution in [-0.4, -0.2) is 20.9 Å². The number of carbonyl (C=O) groups excluding carboxylic acids is 1. The molecule has 1 N–H and O–H groups in total. The largest absolute Gasteiger partial charge is 0.324 e. The van der Waals surface area contributed by atoms with Crippen LogP contribution in [0.2, 0.25) is 0 Å². The van der Waals surface area contributed by atoms with Gasteiger partial charge in [-0.2, -0.15) is 0 Å². The Bertz CT molecular complexity index is 1120. The monoisotopic (exact) mass is 416 g/mol. The van der Waals surface area contributed by atoms with Gasteiger partial charge in [0.25, 0.3) is 10.0 Å². The fourth-order valence-electron chi connectivity index (χ4n) is 2.64. The van der Waals surface area contributed by atoms with Crippen LogP contribution < -0.4 is 9.62 Å². The van der Waals surface area contributed by atoms with Gasteiger partial charge in [-0.25, -0.2) is 17.2 Å². The van der Waals surface area contributed by atoms with Gasteiger partial charge < -0.3 is 5.32 Å². The van der Waals surface area contributed by atoms with Crippen LogP contribution in [0.15, 0.2) is 77.7 Å². The maximum Gasteiger partial charge on any atom is 0.264 e. The maximum atomic E-state index is 13.7. The summed E-state index contributed by atoms with van der Waals surface area (Å²) in [6, 6.07) is 16.6. The number of hydrogen-bond donors (Lipinski definition) is 1. The van der Waals surface area contributed by atoms with Gasteiger partial charge in [-0.05, 0) is 61.0 Å². The third kappa shape index (κ3) is 4.78. The molecule has 3 aromatic carbocycles. The summed E-state index contributed by atoms with van der Waals surface area (Å²) in [5, 5.41) is 2.50. The van der Waals surface area contributed by atoms with Gasteiger partial charge in [-0.1, -0.05) is 24.3 Å². The predicted molar refractivity (Wildman–Crippen MR) is 107 cm³/mol. The van der Waals surface area contributed by atoms with E-state index in [0.717, 1.165) is 34.6 Å². The molecule has 3 aromatic rings. The zero-order chi connectivity index (χ0) is 21.0. The second kappa shape index (κ2) is 8.40. The lowest BCUT2D eigenvalue weighted by atomic mass is 10.2. The Morgan fingerprint density at radius 1 is 0.966 bits per heavy atom. The Hall–Kier alpha value is -3.26. The van der Waals surface area contributed by atoms with Gasteiger partial charge in [-0.3, -0.25) is 9.10 Å². The molecule has 0 aliphatic carbocycles. The second-order valence-electron chi connectivity index (χ2n) is 6.31. The predicted octanol–water partition coefficient (Wildman–Crippen LogP) is 4.11. The summed E-state index contributed by atoms with van der Waals surface area (Å²) in [5.41, 5.74) is 0.903. The molecular formula is C21H18F2N2O3S. The van der Waals surface area contributed by atoms with Crippen molar-refractivity contribution in [1.82, 2.24) is 0 Å². The van der Waals surface area contributed by atoms with Crippen LogP contribution in [0.5, 0.6) is 0 Å². The van der Waals surface area contributed by atoms with Gasteiger partial charge in [0.2, 0.25) is 5.91 Å². The van der Waals surface area contributed by atoms with Crippen LogP contribution >= 0.6 is 0 Å². The average Bonchev–Trinajstić information content (AvgIpc) is 2.70. The first-order valence-electron chi connectivity index (χ1n) is 8.67. The Balaban J connectivity index is 1.91. The van der Waals surface area contributed by atoms with Crippen molar-refractivity contribution < 1.29 is 22.0 Å². The molecule has 0 spiro atoms. The molecule has 0 fully saturated rings. The summed E-state index contributed by atoms with van der Waals surface area (Å²) in [7, 11) is -4.14. The molecule has 1 amide bonds. The van der Waals surface area contributed by atoms with Crippen molar-refractivity contribution in [3.8, 4) is 0 Å². The smallest absolute Gasteiger partial charge is 0.264 e. The van der Waals surface area contributed by atoms with E-state index >= 15 is 0 Å². The van der Waals surface area contributed by atoms with Gasteiger partial charge in [0.15, 0.2) is 0 Å². The Morgan fingerprint density at radius 3 is 2.24 bits per heavy atom. The fourth-order valence-corrected chi connectivity index (χ4v) is 4.07. The van der Waals surface area contributed by atoms with Crippen LogP contribution in [-0.2, 0) is 14.8 Å². The summed E-state index contributed by atoms with van der Waals surface area (Å²) in [6.45, 7) is 1.05. The first kappa shape index (κ1) is 20.5. The van der Waals surface area contributed by atoms with Crippen LogP contribution in [0, 0.1) is 18.6 Å². The maximum absolute atomic E-state index is 13.7. The third-order valence-electron chi connectivity index (χ3n) is 4.19. The van der Waals surface area contributed by atoms with Crippen molar-refractivity contribution in [3.63, 3.8) is 0 Å². The molecule has 0 aromatic heterocycles. The highest BCUT2D eigenvalue weighted by atomic mass is 32.2. The normalized spacial score (nSPS) is 11.1. The molecule has 0 unspecified atom stereocenters. The highest BCUT2D eigenvalue weighted by molar-refractivity contribution is 7.92. The fraction of sp³-hybridized carbons (Fsp3) is 0.0952. The number of aryl methyl sites for hydroxylation is 1. The lowest BCUT2D eigenvalue weighted by Gasteiger charge is -2.24. The molecule has 3 rings (SSSR count). The quantitative estimate of drug-likeness (QED) is 0.658. The van der Waals surface area contributed by atoms with Crippen LogP contribution in [0.1, 0.15) is 5.56 Å². The molecule has 5 nitrogen and oxygen atoms in total. The second-order valence-corrected chi connectivity index (χ2v) is 8.18. The van der Waals surface area contributed by atoms with E-state index in [1.807, 2.05) is 0 Å². The molecule has 0 aliphatic heterocycles. The third-order valence-corrected chi connectivity index (χ3v) is 5.98. The standard InChI is InChI=1S/C21H18F2N2O3S/c1-15-7-10-17(13-20(15)23)24-21(26)14-25(18-5-3-2-4-6-18)29(27,28)19-11-8-16(22)9-12-19/h2-13H,14H2,1H3,(H,24,26). The average molecular weight is 416 g/mol. The number of hydrogen-bond acceptors (Lipinski definition) is 3. The first-order chi connectivity index (χ1) is 13.8. The Morgan fingerprint density at radius 2 is 1.62 bits per heavy atom. The van der Waals surface area contributed by atoms with Gasteiger partial charge in [0, 0.05) is 5.69 Å². The minimum absolute atomic E-state index is 0.156. The van der Waals surface area contributed by atoms with Crippen molar-refractivity contribution in [2.75, 3.05) is 16.2 Å². The molecule has 8 heteroatoms. The van der Waals surface area contributed by atoms with Crippen LogP contribution in [0.25, 0.3) is 0 Å². The van der Waals surface area contributed by atoms with Crippen molar-refractivity contribution in [1.29, 1.82) is 0 Å². The van der Waals surface area contributed by atoms with Crippen LogP contribution in [0.4, 0.5) is 20.2 Å². The summed E-state index contributed by atoms with van der Waals surface area (Å²) >= 11 is 0. The molecule has 150 valence electrons. The van der Waals surface area contributed by atoms with E-state index in [9.17, 15) is 22.0 Å². The molecule has 29 heavy (non-hydrogen) atoms. The first-order valence-corrected chi connectivity index (χ1v) is 10.1. The number of benzene rings is 3. The highest BCUT2D eigenvalue weighted by Gasteiger charge is 2.27. The molecule has 0 aliphatic rings. The minimum Gasteiger partial charge on any atom is -0.324 e. The van der Waals surface area contributed by atoms with E-state index in [1.165, 1.54) is 12.1 Å². The molecule has 0 saturated carbocycles. The van der Waals surface area contributed by atoms with Gasteiger partial charge in [0.1, 0.15) is 18.2 Å². The molecule has 0 heterocycles. The SMILES string of the molecule is Cc1ccc(NC(=O)CN(c2ccccc2)S(=O)(=O)c2ccc(F)cc2)cc1F. The minimum atomic E-state index is -4.14. The molecular weight excluding hydrogens is 398 g/mol. The Labute approximate surface area is 167 Å². The number of rotatable bonds is 6. The van der Waals surface area contributed by atoms with E-state index < -0.39 is 34.1 Å². The summed E-state index contributed by atoms with van der Waals surface area (Å²) in [5.74, 6) is -1.71. The number of nitrogens with zero attached hydrogens (tertiary/aromatic N) is 1. The summed E-state index contributed by atoms with van der Waals surface area (Å²) in [6.07, 6.45) is 0. The van der Waals surface area contributed by atoms with E-state index in [4.69, 9.17) is 0 Å². The number of nitrogens with one attached hydrogen (secondary N) is 1. The van der Waals surface area contributed by atoms with E-state index in [-0.39, 0.29) is 16.3 Å². The van der Waals surface area contributed by atoms with E-state index in [1.54, 1.807) is 37.3 Å². The molecule has 0 atom stereocenters. The van der Waals surface area contributed by atoms with E-state index in [2.05, 4.69) is 5.32 Å². The number of anilines is 2. The van der Waals surface area contributed by atoms with Gasteiger partial charge >= 0.3 is 0 Å². The lowest BCUT2D eigenvalue weighted by Crippen LogP contribution is -2.38. The van der Waals surface area contributed by atoms with Gasteiger partial charge in [0.05, 0.1) is 10.6 Å². The lowest BCUT2D eigenvalue weighted by molar-refractivity contribution is -0.114. The molecule has 0 saturated heterocycles. The number of halogens is 2. The number of carbonyl (C=O) groups is 1. The highest BCUT2D eigenvalue weighted by Crippen LogP contribution is 2.24. The van der Waals surface area contributed by atoms with Crippen molar-refractivity contribution in [2.45, 2.75) is 11.8 Å². The zero-order valence-electron chi connectivity index (χ0n) is 15.5. The Kier molecular flexibility index (Phi) is 5.93. The van der Waals surface area contributed by atoms with Gasteiger partial charge in [-0.15, -0.1) is 0 Å². The topological polar surface area (TPSA) is 66.5 Å². The zero-order valence-corrected chi connectivity index (χ0v) is 16.3. The van der Waals surface area contributed by atoms with Crippen molar-refractivity contribution in [2.24, 2.45) is 0 Å².